The van der Waals surface area contributed by atoms with Gasteiger partial charge in [-0.05, 0) is 57.3 Å². The van der Waals surface area contributed by atoms with Gasteiger partial charge in [-0.1, -0.05) is 44.2 Å². The van der Waals surface area contributed by atoms with E-state index in [0.717, 1.165) is 5.92 Å². The smallest absolute Gasteiger partial charge is 0.0320 e. The van der Waals surface area contributed by atoms with Crippen molar-refractivity contribution in [1.82, 2.24) is 9.80 Å². The van der Waals surface area contributed by atoms with Crippen molar-refractivity contribution in [2.24, 2.45) is 5.92 Å². The molecule has 0 N–H and O–H groups in total. The lowest BCUT2D eigenvalue weighted by Gasteiger charge is -2.35. The van der Waals surface area contributed by atoms with E-state index in [4.69, 9.17) is 0 Å². The Morgan fingerprint density at radius 3 is 2.43 bits per heavy atom. The highest BCUT2D eigenvalue weighted by molar-refractivity contribution is 5.19. The van der Waals surface area contributed by atoms with Crippen molar-refractivity contribution in [2.45, 2.75) is 51.6 Å². The molecule has 21 heavy (non-hydrogen) atoms. The van der Waals surface area contributed by atoms with E-state index in [-0.39, 0.29) is 0 Å². The van der Waals surface area contributed by atoms with E-state index in [1.807, 2.05) is 0 Å². The van der Waals surface area contributed by atoms with Crippen LogP contribution in [0.3, 0.4) is 0 Å². The first-order valence-electron chi connectivity index (χ1n) is 8.75. The van der Waals surface area contributed by atoms with Gasteiger partial charge in [0.2, 0.25) is 0 Å². The lowest BCUT2D eigenvalue weighted by molar-refractivity contribution is 0.128. The average Bonchev–Trinajstić information content (AvgIpc) is 3.17. The fraction of sp³-hybridized carbons (Fsp3) is 0.684. The fourth-order valence-corrected chi connectivity index (χ4v) is 4.48. The van der Waals surface area contributed by atoms with Crippen molar-refractivity contribution in [3.63, 3.8) is 0 Å². The summed E-state index contributed by atoms with van der Waals surface area (Å²) in [6, 6.07) is 11.5. The summed E-state index contributed by atoms with van der Waals surface area (Å²) in [6.07, 6.45) is 4.23. The van der Waals surface area contributed by atoms with Crippen LogP contribution in [0.2, 0.25) is 0 Å². The first kappa shape index (κ1) is 15.1. The Labute approximate surface area is 130 Å². The van der Waals surface area contributed by atoms with Gasteiger partial charge in [0, 0.05) is 18.1 Å². The molecule has 0 amide bonds. The van der Waals surface area contributed by atoms with Gasteiger partial charge in [-0.15, -0.1) is 0 Å². The van der Waals surface area contributed by atoms with Crippen LogP contribution in [0.25, 0.3) is 0 Å². The molecule has 0 bridgehead atoms. The van der Waals surface area contributed by atoms with Crippen LogP contribution in [0.1, 0.15) is 51.6 Å². The Hall–Kier alpha value is -0.860. The predicted molar refractivity (Wildman–Crippen MR) is 89.4 cm³/mol. The van der Waals surface area contributed by atoms with Crippen LogP contribution in [0.5, 0.6) is 0 Å². The Kier molecular flexibility index (Phi) is 4.37. The zero-order chi connectivity index (χ0) is 14.9. The lowest BCUT2D eigenvalue weighted by atomic mass is 9.94. The first-order chi connectivity index (χ1) is 10.2. The number of likely N-dealkylation sites (tertiary alicyclic amines) is 1. The van der Waals surface area contributed by atoms with Crippen LogP contribution in [-0.4, -0.2) is 41.5 Å². The molecule has 2 fully saturated rings. The van der Waals surface area contributed by atoms with Gasteiger partial charge in [-0.2, -0.15) is 0 Å². The molecule has 1 aliphatic carbocycles. The highest BCUT2D eigenvalue weighted by atomic mass is 15.3. The molecule has 1 unspecified atom stereocenters. The molecule has 1 heterocycles. The molecule has 0 spiro atoms. The summed E-state index contributed by atoms with van der Waals surface area (Å²) in [5.74, 6) is 0.878. The quantitative estimate of drug-likeness (QED) is 0.781. The summed E-state index contributed by atoms with van der Waals surface area (Å²) in [5, 5.41) is 0. The third-order valence-electron chi connectivity index (χ3n) is 5.96. The van der Waals surface area contributed by atoms with Crippen LogP contribution in [0.4, 0.5) is 0 Å². The first-order valence-corrected chi connectivity index (χ1v) is 8.75. The van der Waals surface area contributed by atoms with Crippen molar-refractivity contribution in [3.05, 3.63) is 35.9 Å². The maximum Gasteiger partial charge on any atom is 0.0320 e. The molecule has 3 rings (SSSR count). The number of hydrogen-bond acceptors (Lipinski definition) is 2. The van der Waals surface area contributed by atoms with E-state index in [9.17, 15) is 0 Å². The molecule has 0 aromatic heterocycles. The second kappa shape index (κ2) is 6.10. The molecule has 0 radical (unpaired) electrons. The Bertz CT molecular complexity index is 448. The third-order valence-corrected chi connectivity index (χ3v) is 5.96. The minimum atomic E-state index is 0.550. The minimum Gasteiger partial charge on any atom is -0.298 e. The summed E-state index contributed by atoms with van der Waals surface area (Å²) in [6.45, 7) is 12.0. The van der Waals surface area contributed by atoms with Crippen LogP contribution in [0, 0.1) is 5.92 Å². The highest BCUT2D eigenvalue weighted by Crippen LogP contribution is 2.51. The van der Waals surface area contributed by atoms with Crippen molar-refractivity contribution in [3.8, 4) is 0 Å². The maximum absolute atomic E-state index is 2.73. The summed E-state index contributed by atoms with van der Waals surface area (Å²) < 4.78 is 0. The van der Waals surface area contributed by atoms with Gasteiger partial charge in [0.15, 0.2) is 0 Å². The molecule has 1 aliphatic heterocycles. The zero-order valence-corrected chi connectivity index (χ0v) is 13.9. The zero-order valence-electron chi connectivity index (χ0n) is 13.9. The van der Waals surface area contributed by atoms with Gasteiger partial charge >= 0.3 is 0 Å². The summed E-state index contributed by atoms with van der Waals surface area (Å²) >= 11 is 0. The standard InChI is InChI=1S/C19H30N2/c1-4-21(5-2)19(12-13-19)18-11-14-20(15-18)16(3)17-9-7-6-8-10-17/h6-10,16,18H,4-5,11-15H2,1-3H3/t16-,18?/m0/s1. The number of nitrogens with zero attached hydrogens (tertiary/aromatic N) is 2. The minimum absolute atomic E-state index is 0.550. The molecule has 1 saturated carbocycles. The van der Waals surface area contributed by atoms with Crippen LogP contribution in [-0.2, 0) is 0 Å². The van der Waals surface area contributed by atoms with E-state index < -0.39 is 0 Å². The van der Waals surface area contributed by atoms with Crippen molar-refractivity contribution in [2.75, 3.05) is 26.2 Å². The Morgan fingerprint density at radius 2 is 1.86 bits per heavy atom. The van der Waals surface area contributed by atoms with Crippen LogP contribution >= 0.6 is 0 Å². The van der Waals surface area contributed by atoms with Crippen molar-refractivity contribution >= 4 is 0 Å². The maximum atomic E-state index is 2.73. The van der Waals surface area contributed by atoms with Gasteiger partial charge < -0.3 is 0 Å². The molecule has 1 aromatic rings. The monoisotopic (exact) mass is 286 g/mol. The molecule has 2 aliphatic rings. The Morgan fingerprint density at radius 1 is 1.19 bits per heavy atom. The van der Waals surface area contributed by atoms with E-state index in [2.05, 4.69) is 60.9 Å². The molecule has 2 atom stereocenters. The highest BCUT2D eigenvalue weighted by Gasteiger charge is 2.54. The lowest BCUT2D eigenvalue weighted by Crippen LogP contribution is -2.44. The molecule has 1 aromatic carbocycles. The van der Waals surface area contributed by atoms with Crippen molar-refractivity contribution < 1.29 is 0 Å². The fourth-order valence-electron chi connectivity index (χ4n) is 4.48. The number of rotatable bonds is 6. The molecule has 2 heteroatoms. The second-order valence-corrected chi connectivity index (χ2v) is 6.84. The second-order valence-electron chi connectivity index (χ2n) is 6.84. The Balaban J connectivity index is 1.66. The molecular weight excluding hydrogens is 256 g/mol. The largest absolute Gasteiger partial charge is 0.298 e. The van der Waals surface area contributed by atoms with Crippen LogP contribution in [0.15, 0.2) is 30.3 Å². The molecular formula is C19H30N2. The van der Waals surface area contributed by atoms with Gasteiger partial charge in [0.25, 0.3) is 0 Å². The third kappa shape index (κ3) is 2.76. The topological polar surface area (TPSA) is 6.48 Å². The average molecular weight is 286 g/mol. The molecule has 116 valence electrons. The van der Waals surface area contributed by atoms with Gasteiger partial charge in [-0.3, -0.25) is 9.80 Å². The van der Waals surface area contributed by atoms with Gasteiger partial charge in [0.1, 0.15) is 0 Å². The van der Waals surface area contributed by atoms with E-state index in [0.29, 0.717) is 11.6 Å². The number of hydrogen-bond donors (Lipinski definition) is 0. The normalized spacial score (nSPS) is 26.2. The summed E-state index contributed by atoms with van der Waals surface area (Å²) in [7, 11) is 0. The van der Waals surface area contributed by atoms with Crippen molar-refractivity contribution in [1.29, 1.82) is 0 Å². The number of benzene rings is 1. The van der Waals surface area contributed by atoms with E-state index in [1.54, 1.807) is 0 Å². The summed E-state index contributed by atoms with van der Waals surface area (Å²) in [4.78, 5) is 5.43. The molecule has 2 nitrogen and oxygen atoms in total. The van der Waals surface area contributed by atoms with Gasteiger partial charge in [0.05, 0.1) is 0 Å². The van der Waals surface area contributed by atoms with E-state index in [1.165, 1.54) is 51.0 Å². The predicted octanol–water partition coefficient (Wildman–Crippen LogP) is 3.94. The van der Waals surface area contributed by atoms with E-state index >= 15 is 0 Å². The van der Waals surface area contributed by atoms with Gasteiger partial charge in [-0.25, -0.2) is 0 Å². The molecule has 1 saturated heterocycles. The van der Waals surface area contributed by atoms with Crippen LogP contribution < -0.4 is 0 Å². The summed E-state index contributed by atoms with van der Waals surface area (Å²) in [5.41, 5.74) is 2.01. The SMILES string of the molecule is CCN(CC)C1(C2CCN([C@@H](C)c3ccccc3)C2)CC1.